The molecule has 0 bridgehead atoms. The van der Waals surface area contributed by atoms with Crippen molar-refractivity contribution in [1.29, 1.82) is 0 Å². The van der Waals surface area contributed by atoms with Gasteiger partial charge in [0.25, 0.3) is 0 Å². The van der Waals surface area contributed by atoms with Gasteiger partial charge in [-0.05, 0) is 56.1 Å². The first-order chi connectivity index (χ1) is 12.6. The largest absolute Gasteiger partial charge is 0.508 e. The number of phenols is 1. The summed E-state index contributed by atoms with van der Waals surface area (Å²) < 4.78 is 0. The third-order valence-electron chi connectivity index (χ3n) is 4.67. The first kappa shape index (κ1) is 25.1. The zero-order valence-electron chi connectivity index (χ0n) is 18.5. The van der Waals surface area contributed by atoms with Crippen LogP contribution in [0.15, 0.2) is 47.4 Å². The Bertz CT molecular complexity index is 762. The molecule has 2 nitrogen and oxygen atoms in total. The Labute approximate surface area is 191 Å². The number of anilines is 1. The van der Waals surface area contributed by atoms with E-state index in [9.17, 15) is 5.11 Å². The maximum atomic E-state index is 10.3. The van der Waals surface area contributed by atoms with Crippen molar-refractivity contribution in [3.8, 4) is 5.75 Å². The molecule has 28 heavy (non-hydrogen) atoms. The Morgan fingerprint density at radius 3 is 2.11 bits per heavy atom. The van der Waals surface area contributed by atoms with E-state index in [-0.39, 0.29) is 32.7 Å². The molecule has 2 rings (SSSR count). The first-order valence-corrected chi connectivity index (χ1v) is 10.8. The SMILES string of the molecule is CCCSc1c(N(Cc2ccccc2O)C(C)(C)C)cccc1C(C)(C)C.[Ti]. The second-order valence-electron chi connectivity index (χ2n) is 9.14. The van der Waals surface area contributed by atoms with Crippen LogP contribution < -0.4 is 4.90 Å². The van der Waals surface area contributed by atoms with Crippen LogP contribution in [0, 0.1) is 0 Å². The van der Waals surface area contributed by atoms with Crippen LogP contribution in [0.5, 0.6) is 5.75 Å². The van der Waals surface area contributed by atoms with E-state index in [1.54, 1.807) is 6.07 Å². The summed E-state index contributed by atoms with van der Waals surface area (Å²) in [7, 11) is 0. The quantitative estimate of drug-likeness (QED) is 0.392. The first-order valence-electron chi connectivity index (χ1n) is 9.86. The number of benzene rings is 2. The number of para-hydroxylation sites is 1. The molecule has 0 spiro atoms. The van der Waals surface area contributed by atoms with Crippen LogP contribution in [0.1, 0.15) is 66.0 Å². The van der Waals surface area contributed by atoms with E-state index >= 15 is 0 Å². The predicted molar refractivity (Wildman–Crippen MR) is 120 cm³/mol. The van der Waals surface area contributed by atoms with Crippen molar-refractivity contribution in [2.75, 3.05) is 10.7 Å². The number of thioether (sulfide) groups is 1. The molecule has 2 aromatic carbocycles. The van der Waals surface area contributed by atoms with Gasteiger partial charge in [-0.2, -0.15) is 0 Å². The zero-order valence-corrected chi connectivity index (χ0v) is 20.8. The molecule has 0 saturated heterocycles. The van der Waals surface area contributed by atoms with Gasteiger partial charge in [0.1, 0.15) is 5.75 Å². The molecule has 2 aromatic rings. The fraction of sp³-hybridized carbons (Fsp3) is 0.500. The summed E-state index contributed by atoms with van der Waals surface area (Å²) in [6, 6.07) is 14.3. The summed E-state index contributed by atoms with van der Waals surface area (Å²) in [6.45, 7) is 16.5. The molecule has 0 atom stereocenters. The van der Waals surface area contributed by atoms with Gasteiger partial charge in [-0.1, -0.05) is 58.0 Å². The van der Waals surface area contributed by atoms with Crippen molar-refractivity contribution in [3.05, 3.63) is 53.6 Å². The molecule has 0 amide bonds. The number of hydrogen-bond donors (Lipinski definition) is 1. The number of rotatable bonds is 6. The van der Waals surface area contributed by atoms with Gasteiger partial charge in [0.05, 0.1) is 5.69 Å². The van der Waals surface area contributed by atoms with Crippen LogP contribution in [-0.2, 0) is 33.7 Å². The Hall–Kier alpha value is -0.896. The average molecular weight is 433 g/mol. The Kier molecular flexibility index (Phi) is 9.18. The van der Waals surface area contributed by atoms with Crippen molar-refractivity contribution in [2.24, 2.45) is 0 Å². The standard InChI is InChI=1S/C24H35NOS.Ti/c1-8-16-27-22-19(23(2,3)4)13-11-14-20(22)25(24(5,6)7)17-18-12-9-10-15-21(18)26;/h9-15,26H,8,16-17H2,1-7H3;. The maximum absolute atomic E-state index is 10.3. The minimum Gasteiger partial charge on any atom is -0.508 e. The second-order valence-corrected chi connectivity index (χ2v) is 10.2. The molecule has 152 valence electrons. The smallest absolute Gasteiger partial charge is 0.120 e. The molecule has 0 aliphatic rings. The van der Waals surface area contributed by atoms with E-state index in [0.29, 0.717) is 12.3 Å². The van der Waals surface area contributed by atoms with Gasteiger partial charge < -0.3 is 10.0 Å². The Morgan fingerprint density at radius 2 is 1.57 bits per heavy atom. The number of hydrogen-bond acceptors (Lipinski definition) is 3. The summed E-state index contributed by atoms with van der Waals surface area (Å²) in [5, 5.41) is 10.3. The molecule has 4 heteroatoms. The van der Waals surface area contributed by atoms with Crippen LogP contribution in [0.25, 0.3) is 0 Å². The molecular weight excluding hydrogens is 398 g/mol. The van der Waals surface area contributed by atoms with Crippen molar-refractivity contribution < 1.29 is 26.8 Å². The zero-order chi connectivity index (χ0) is 20.2. The minimum atomic E-state index is -0.0691. The summed E-state index contributed by atoms with van der Waals surface area (Å²) in [6.07, 6.45) is 1.15. The van der Waals surface area contributed by atoms with Crippen LogP contribution >= 0.6 is 11.8 Å². The average Bonchev–Trinajstić information content (AvgIpc) is 2.57. The van der Waals surface area contributed by atoms with Crippen LogP contribution in [0.4, 0.5) is 5.69 Å². The summed E-state index contributed by atoms with van der Waals surface area (Å²) in [5.74, 6) is 1.47. The molecule has 0 aromatic heterocycles. The molecule has 0 heterocycles. The maximum Gasteiger partial charge on any atom is 0.120 e. The van der Waals surface area contributed by atoms with Crippen molar-refractivity contribution in [3.63, 3.8) is 0 Å². The molecule has 0 unspecified atom stereocenters. The van der Waals surface area contributed by atoms with Gasteiger partial charge in [0, 0.05) is 44.3 Å². The van der Waals surface area contributed by atoms with E-state index in [1.165, 1.54) is 16.1 Å². The third-order valence-corrected chi connectivity index (χ3v) is 6.00. The van der Waals surface area contributed by atoms with E-state index in [0.717, 1.165) is 17.7 Å². The van der Waals surface area contributed by atoms with E-state index in [1.807, 2.05) is 30.0 Å². The van der Waals surface area contributed by atoms with E-state index in [2.05, 4.69) is 71.6 Å². The number of nitrogens with zero attached hydrogens (tertiary/aromatic N) is 1. The number of aromatic hydroxyl groups is 1. The van der Waals surface area contributed by atoms with Gasteiger partial charge in [-0.25, -0.2) is 0 Å². The molecule has 0 saturated carbocycles. The van der Waals surface area contributed by atoms with Gasteiger partial charge in [0.15, 0.2) is 0 Å². The summed E-state index contributed by atoms with van der Waals surface area (Å²) >= 11 is 1.96. The Morgan fingerprint density at radius 1 is 0.929 bits per heavy atom. The predicted octanol–water partition coefficient (Wildman–Crippen LogP) is 6.99. The fourth-order valence-corrected chi connectivity index (χ4v) is 4.45. The van der Waals surface area contributed by atoms with Crippen molar-refractivity contribution in [2.45, 2.75) is 77.3 Å². The third kappa shape index (κ3) is 6.30. The fourth-order valence-electron chi connectivity index (χ4n) is 3.18. The molecule has 1 N–H and O–H groups in total. The number of phenolic OH excluding ortho intramolecular Hbond substituents is 1. The molecule has 0 radical (unpaired) electrons. The molecular formula is C24H35NOSTi. The van der Waals surface area contributed by atoms with Gasteiger partial charge in [-0.15, -0.1) is 11.8 Å². The Balaban J connectivity index is 0.00000392. The molecule has 0 aliphatic heterocycles. The molecule has 0 aliphatic carbocycles. The monoisotopic (exact) mass is 433 g/mol. The molecule has 0 fully saturated rings. The van der Waals surface area contributed by atoms with E-state index in [4.69, 9.17) is 0 Å². The van der Waals surface area contributed by atoms with Gasteiger partial charge in [0.2, 0.25) is 0 Å². The normalized spacial score (nSPS) is 11.8. The van der Waals surface area contributed by atoms with Gasteiger partial charge >= 0.3 is 0 Å². The minimum absolute atomic E-state index is 0. The van der Waals surface area contributed by atoms with Gasteiger partial charge in [-0.3, -0.25) is 0 Å². The summed E-state index contributed by atoms with van der Waals surface area (Å²) in [5.41, 5.74) is 3.63. The van der Waals surface area contributed by atoms with E-state index < -0.39 is 0 Å². The summed E-state index contributed by atoms with van der Waals surface area (Å²) in [4.78, 5) is 3.80. The van der Waals surface area contributed by atoms with Crippen molar-refractivity contribution in [1.82, 2.24) is 0 Å². The second kappa shape index (κ2) is 10.2. The van der Waals surface area contributed by atoms with Crippen LogP contribution in [-0.4, -0.2) is 16.4 Å². The van der Waals surface area contributed by atoms with Crippen LogP contribution in [0.3, 0.4) is 0 Å². The topological polar surface area (TPSA) is 23.5 Å². The van der Waals surface area contributed by atoms with Crippen molar-refractivity contribution >= 4 is 17.4 Å². The van der Waals surface area contributed by atoms with Crippen LogP contribution in [0.2, 0.25) is 0 Å².